The van der Waals surface area contributed by atoms with Gasteiger partial charge < -0.3 is 24.8 Å². The fourth-order valence-corrected chi connectivity index (χ4v) is 2.49. The van der Waals surface area contributed by atoms with E-state index < -0.39 is 5.97 Å². The molecule has 0 bridgehead atoms. The third-order valence-corrected chi connectivity index (χ3v) is 3.64. The zero-order valence-corrected chi connectivity index (χ0v) is 11.7. The molecule has 116 valence electrons. The Hall–Kier alpha value is -2.02. The number of hydrogen-bond donors (Lipinski definition) is 3. The number of carbonyl (C=O) groups excluding carboxylic acids is 1. The molecule has 21 heavy (non-hydrogen) atoms. The lowest BCUT2D eigenvalue weighted by atomic mass is 10.1. The normalized spacial score (nSPS) is 19.1. The van der Waals surface area contributed by atoms with Gasteiger partial charge in [0.25, 0.3) is 0 Å². The first kappa shape index (κ1) is 15.4. The number of rotatable bonds is 4. The maximum Gasteiger partial charge on any atom is 0.371 e. The van der Waals surface area contributed by atoms with Gasteiger partial charge in [-0.25, -0.2) is 9.59 Å². The number of carbonyl (C=O) groups is 2. The fourth-order valence-electron chi connectivity index (χ4n) is 2.49. The van der Waals surface area contributed by atoms with E-state index in [1.165, 1.54) is 12.1 Å². The summed E-state index contributed by atoms with van der Waals surface area (Å²) in [6.07, 6.45) is 3.79. The minimum absolute atomic E-state index is 0.0443. The van der Waals surface area contributed by atoms with E-state index in [2.05, 4.69) is 5.32 Å². The van der Waals surface area contributed by atoms with Crippen LogP contribution in [0, 0.1) is 0 Å². The summed E-state index contributed by atoms with van der Waals surface area (Å²) >= 11 is 0. The predicted molar refractivity (Wildman–Crippen MR) is 74.0 cm³/mol. The maximum absolute atomic E-state index is 12.2. The highest BCUT2D eigenvalue weighted by Gasteiger charge is 2.24. The van der Waals surface area contributed by atoms with Crippen LogP contribution in [0.5, 0.6) is 0 Å². The number of nitrogens with zero attached hydrogens (tertiary/aromatic N) is 1. The third kappa shape index (κ3) is 3.98. The van der Waals surface area contributed by atoms with Crippen molar-refractivity contribution in [3.8, 4) is 0 Å². The van der Waals surface area contributed by atoms with Crippen LogP contribution >= 0.6 is 0 Å². The second kappa shape index (κ2) is 7.12. The van der Waals surface area contributed by atoms with Crippen LogP contribution in [0.2, 0.25) is 0 Å². The van der Waals surface area contributed by atoms with Gasteiger partial charge in [-0.05, 0) is 25.0 Å². The number of hydrogen-bond acceptors (Lipinski definition) is 4. The van der Waals surface area contributed by atoms with E-state index in [0.29, 0.717) is 12.3 Å². The SMILES string of the molecule is O=C(O)c1ccc(CNC(=O)N2CCCCCC2CO)o1. The molecule has 1 unspecified atom stereocenters. The molecule has 0 spiro atoms. The van der Waals surface area contributed by atoms with Crippen LogP contribution in [-0.4, -0.2) is 46.3 Å². The number of aliphatic hydroxyl groups excluding tert-OH is 1. The molecule has 0 radical (unpaired) electrons. The van der Waals surface area contributed by atoms with Gasteiger partial charge in [-0.15, -0.1) is 0 Å². The van der Waals surface area contributed by atoms with Gasteiger partial charge in [-0.2, -0.15) is 0 Å². The van der Waals surface area contributed by atoms with Crippen molar-refractivity contribution in [3.05, 3.63) is 23.7 Å². The average Bonchev–Trinajstić information content (AvgIpc) is 2.82. The van der Waals surface area contributed by atoms with E-state index in [-0.39, 0.29) is 31.0 Å². The number of carboxylic acid groups (broad SMARTS) is 1. The molecule has 7 heteroatoms. The second-order valence-electron chi connectivity index (χ2n) is 5.11. The average molecular weight is 296 g/mol. The first-order valence-corrected chi connectivity index (χ1v) is 7.09. The van der Waals surface area contributed by atoms with Crippen molar-refractivity contribution >= 4 is 12.0 Å². The molecule has 1 atom stereocenters. The van der Waals surface area contributed by atoms with Crippen LogP contribution in [0.15, 0.2) is 16.5 Å². The number of aromatic carboxylic acids is 1. The van der Waals surface area contributed by atoms with Crippen LogP contribution in [0.1, 0.15) is 42.0 Å². The number of urea groups is 1. The van der Waals surface area contributed by atoms with Crippen LogP contribution in [0.25, 0.3) is 0 Å². The monoisotopic (exact) mass is 296 g/mol. The van der Waals surface area contributed by atoms with Gasteiger partial charge in [0.15, 0.2) is 0 Å². The van der Waals surface area contributed by atoms with Gasteiger partial charge >= 0.3 is 12.0 Å². The van der Waals surface area contributed by atoms with Gasteiger partial charge in [0.05, 0.1) is 19.2 Å². The molecular formula is C14H20N2O5. The van der Waals surface area contributed by atoms with Crippen molar-refractivity contribution in [1.29, 1.82) is 0 Å². The molecule has 1 aromatic rings. The summed E-state index contributed by atoms with van der Waals surface area (Å²) in [6, 6.07) is 2.46. The van der Waals surface area contributed by atoms with Crippen molar-refractivity contribution in [3.63, 3.8) is 0 Å². The molecule has 1 aliphatic rings. The molecule has 2 rings (SSSR count). The molecule has 2 amide bonds. The lowest BCUT2D eigenvalue weighted by Crippen LogP contribution is -2.47. The molecule has 1 aromatic heterocycles. The molecule has 0 aliphatic carbocycles. The van der Waals surface area contributed by atoms with Gasteiger partial charge in [0, 0.05) is 6.54 Å². The summed E-state index contributed by atoms with van der Waals surface area (Å²) in [7, 11) is 0. The van der Waals surface area contributed by atoms with E-state index in [4.69, 9.17) is 9.52 Å². The molecule has 0 saturated carbocycles. The lowest BCUT2D eigenvalue weighted by molar-refractivity contribution is 0.0660. The second-order valence-corrected chi connectivity index (χ2v) is 5.11. The van der Waals surface area contributed by atoms with Crippen molar-refractivity contribution in [1.82, 2.24) is 10.2 Å². The summed E-state index contributed by atoms with van der Waals surface area (Å²) in [5, 5.41) is 20.8. The Bertz CT molecular complexity index is 499. The maximum atomic E-state index is 12.2. The van der Waals surface area contributed by atoms with Crippen molar-refractivity contribution in [2.75, 3.05) is 13.2 Å². The third-order valence-electron chi connectivity index (χ3n) is 3.64. The smallest absolute Gasteiger partial charge is 0.371 e. The highest BCUT2D eigenvalue weighted by molar-refractivity contribution is 5.84. The van der Waals surface area contributed by atoms with Crippen LogP contribution < -0.4 is 5.32 Å². The molecular weight excluding hydrogens is 276 g/mol. The summed E-state index contributed by atoms with van der Waals surface area (Å²) in [5.41, 5.74) is 0. The number of carboxylic acids is 1. The topological polar surface area (TPSA) is 103 Å². The minimum atomic E-state index is -1.14. The summed E-state index contributed by atoms with van der Waals surface area (Å²) in [5.74, 6) is -0.904. The van der Waals surface area contributed by atoms with Crippen molar-refractivity contribution in [2.24, 2.45) is 0 Å². The van der Waals surface area contributed by atoms with Crippen molar-refractivity contribution < 1.29 is 24.2 Å². The number of likely N-dealkylation sites (tertiary alicyclic amines) is 1. The molecule has 2 heterocycles. The van der Waals surface area contributed by atoms with Gasteiger partial charge in [0.1, 0.15) is 5.76 Å². The molecule has 3 N–H and O–H groups in total. The Kier molecular flexibility index (Phi) is 5.21. The van der Waals surface area contributed by atoms with Gasteiger partial charge in [0.2, 0.25) is 5.76 Å². The van der Waals surface area contributed by atoms with Crippen molar-refractivity contribution in [2.45, 2.75) is 38.3 Å². The lowest BCUT2D eigenvalue weighted by Gasteiger charge is -2.28. The Morgan fingerprint density at radius 2 is 2.14 bits per heavy atom. The quantitative estimate of drug-likeness (QED) is 0.779. The Labute approximate surface area is 122 Å². The first-order chi connectivity index (χ1) is 10.1. The van der Waals surface area contributed by atoms with E-state index in [0.717, 1.165) is 25.7 Å². The minimum Gasteiger partial charge on any atom is -0.475 e. The van der Waals surface area contributed by atoms with Crippen LogP contribution in [0.3, 0.4) is 0 Å². The van der Waals surface area contributed by atoms with Gasteiger partial charge in [-0.1, -0.05) is 12.8 Å². The molecule has 1 saturated heterocycles. The summed E-state index contributed by atoms with van der Waals surface area (Å²) in [6.45, 7) is 0.702. The van der Waals surface area contributed by atoms with E-state index in [1.54, 1.807) is 4.90 Å². The first-order valence-electron chi connectivity index (χ1n) is 7.09. The van der Waals surface area contributed by atoms with Crippen LogP contribution in [-0.2, 0) is 6.54 Å². The van der Waals surface area contributed by atoms with E-state index >= 15 is 0 Å². The number of nitrogens with one attached hydrogen (secondary N) is 1. The highest BCUT2D eigenvalue weighted by atomic mass is 16.4. The summed E-state index contributed by atoms with van der Waals surface area (Å²) in [4.78, 5) is 24.5. The molecule has 1 fully saturated rings. The predicted octanol–water partition coefficient (Wildman–Crippen LogP) is 1.42. The number of amides is 2. The Balaban J connectivity index is 1.91. The zero-order valence-electron chi connectivity index (χ0n) is 11.7. The molecule has 1 aliphatic heterocycles. The number of furan rings is 1. The zero-order chi connectivity index (χ0) is 15.2. The highest BCUT2D eigenvalue weighted by Crippen LogP contribution is 2.16. The van der Waals surface area contributed by atoms with Gasteiger partial charge in [-0.3, -0.25) is 0 Å². The number of aliphatic hydroxyl groups is 1. The van der Waals surface area contributed by atoms with E-state index in [9.17, 15) is 14.7 Å². The molecule has 0 aromatic carbocycles. The summed E-state index contributed by atoms with van der Waals surface area (Å²) < 4.78 is 5.08. The Morgan fingerprint density at radius 1 is 1.33 bits per heavy atom. The molecule has 7 nitrogen and oxygen atoms in total. The standard InChI is InChI=1S/C14H20N2O5/c17-9-10-4-2-1-3-7-16(10)14(20)15-8-11-5-6-12(21-11)13(18)19/h5-6,10,17H,1-4,7-9H2,(H,15,20)(H,18,19). The van der Waals surface area contributed by atoms with Crippen LogP contribution in [0.4, 0.5) is 4.79 Å². The van der Waals surface area contributed by atoms with E-state index in [1.807, 2.05) is 0 Å². The largest absolute Gasteiger partial charge is 0.475 e. The fraction of sp³-hybridized carbons (Fsp3) is 0.571. The Morgan fingerprint density at radius 3 is 2.81 bits per heavy atom.